The van der Waals surface area contributed by atoms with Crippen LogP contribution in [-0.2, 0) is 10.8 Å². The van der Waals surface area contributed by atoms with Crippen molar-refractivity contribution in [3.05, 3.63) is 108 Å². The van der Waals surface area contributed by atoms with E-state index in [1.807, 2.05) is 30.5 Å². The third kappa shape index (κ3) is 3.42. The predicted molar refractivity (Wildman–Crippen MR) is 144 cm³/mol. The number of phenolic OH excluding ortho intramolecular Hbond substituents is 1. The Morgan fingerprint density at radius 1 is 0.686 bits per heavy atom. The van der Waals surface area contributed by atoms with Gasteiger partial charge in [0.05, 0.1) is 5.69 Å². The highest BCUT2D eigenvalue weighted by Gasteiger charge is 2.58. The predicted octanol–water partition coefficient (Wildman–Crippen LogP) is 8.09. The molecule has 0 heterocycles. The van der Waals surface area contributed by atoms with Crippen LogP contribution in [-0.4, -0.2) is 11.3 Å². The van der Waals surface area contributed by atoms with Crippen LogP contribution in [0.3, 0.4) is 0 Å². The molecule has 1 N–H and O–H groups in total. The molecule has 0 amide bonds. The van der Waals surface area contributed by atoms with E-state index in [0.29, 0.717) is 10.8 Å². The topological polar surface area (TPSA) is 32.6 Å². The summed E-state index contributed by atoms with van der Waals surface area (Å²) < 4.78 is 0. The number of benzene rings is 4. The van der Waals surface area contributed by atoms with Crippen LogP contribution in [0.1, 0.15) is 55.2 Å². The average molecular weight is 458 g/mol. The zero-order valence-electron chi connectivity index (χ0n) is 20.0. The molecule has 2 nitrogen and oxygen atoms in total. The molecule has 35 heavy (non-hydrogen) atoms. The maximum atomic E-state index is 10.5. The van der Waals surface area contributed by atoms with Gasteiger partial charge in [-0.05, 0) is 101 Å². The van der Waals surface area contributed by atoms with Gasteiger partial charge in [0.1, 0.15) is 5.75 Å². The molecule has 8 rings (SSSR count). The molecule has 4 fully saturated rings. The summed E-state index contributed by atoms with van der Waals surface area (Å²) in [6.45, 7) is 0. The molecule has 0 aromatic heterocycles. The summed E-state index contributed by atoms with van der Waals surface area (Å²) in [7, 11) is 0. The SMILES string of the molecule is Oc1ccc2ccccc2c1C=Nc1ccc(C23CC4CC(CC(c5ccccc5)(C4)C2)C3)cc1. The summed E-state index contributed by atoms with van der Waals surface area (Å²) in [6.07, 6.45) is 9.92. The number of aliphatic imine (C=N–C) groups is 1. The highest BCUT2D eigenvalue weighted by molar-refractivity contribution is 6.02. The van der Waals surface area contributed by atoms with Crippen molar-refractivity contribution >= 4 is 22.7 Å². The van der Waals surface area contributed by atoms with E-state index in [2.05, 4.69) is 60.7 Å². The van der Waals surface area contributed by atoms with Crippen LogP contribution in [0.4, 0.5) is 5.69 Å². The van der Waals surface area contributed by atoms with E-state index in [1.165, 1.54) is 44.1 Å². The summed E-state index contributed by atoms with van der Waals surface area (Å²) in [5.74, 6) is 1.97. The van der Waals surface area contributed by atoms with Crippen molar-refractivity contribution in [2.45, 2.75) is 49.4 Å². The summed E-state index contributed by atoms with van der Waals surface area (Å²) in [4.78, 5) is 4.75. The number of hydrogen-bond donors (Lipinski definition) is 1. The van der Waals surface area contributed by atoms with E-state index < -0.39 is 0 Å². The molecular formula is C33H31NO. The number of fused-ring (bicyclic) bond motifs is 1. The smallest absolute Gasteiger partial charge is 0.124 e. The Labute approximate surface area is 207 Å². The molecule has 4 aliphatic carbocycles. The molecule has 174 valence electrons. The van der Waals surface area contributed by atoms with Gasteiger partial charge in [0.25, 0.3) is 0 Å². The van der Waals surface area contributed by atoms with Crippen LogP contribution in [0.2, 0.25) is 0 Å². The maximum Gasteiger partial charge on any atom is 0.124 e. The number of phenols is 1. The molecule has 4 aromatic carbocycles. The Morgan fingerprint density at radius 2 is 1.31 bits per heavy atom. The Morgan fingerprint density at radius 3 is 2.03 bits per heavy atom. The Hall–Kier alpha value is -3.39. The molecule has 0 spiro atoms. The van der Waals surface area contributed by atoms with E-state index in [4.69, 9.17) is 4.99 Å². The Kier molecular flexibility index (Phi) is 4.67. The largest absolute Gasteiger partial charge is 0.507 e. The normalized spacial score (nSPS) is 29.3. The Bertz CT molecular complexity index is 1400. The van der Waals surface area contributed by atoms with E-state index >= 15 is 0 Å². The molecule has 2 unspecified atom stereocenters. The van der Waals surface area contributed by atoms with Crippen molar-refractivity contribution in [3.63, 3.8) is 0 Å². The van der Waals surface area contributed by atoms with Gasteiger partial charge >= 0.3 is 0 Å². The first-order chi connectivity index (χ1) is 17.1. The monoisotopic (exact) mass is 457 g/mol. The summed E-state index contributed by atoms with van der Waals surface area (Å²) >= 11 is 0. The van der Waals surface area contributed by atoms with Crippen LogP contribution in [0.15, 0.2) is 96.0 Å². The summed E-state index contributed by atoms with van der Waals surface area (Å²) in [5.41, 5.74) is 5.43. The zero-order valence-corrected chi connectivity index (χ0v) is 20.0. The second-order valence-corrected chi connectivity index (χ2v) is 11.4. The fourth-order valence-corrected chi connectivity index (χ4v) is 8.19. The molecule has 4 bridgehead atoms. The van der Waals surface area contributed by atoms with E-state index in [1.54, 1.807) is 11.6 Å². The minimum Gasteiger partial charge on any atom is -0.507 e. The fraction of sp³-hybridized carbons (Fsp3) is 0.303. The first-order valence-electron chi connectivity index (χ1n) is 13.0. The minimum absolute atomic E-state index is 0.267. The van der Waals surface area contributed by atoms with Crippen molar-refractivity contribution in [2.24, 2.45) is 16.8 Å². The molecule has 4 aliphatic rings. The van der Waals surface area contributed by atoms with Crippen LogP contribution in [0.5, 0.6) is 5.75 Å². The molecule has 0 saturated heterocycles. The maximum absolute atomic E-state index is 10.5. The van der Waals surface area contributed by atoms with Gasteiger partial charge in [-0.25, -0.2) is 0 Å². The van der Waals surface area contributed by atoms with Crippen molar-refractivity contribution in [3.8, 4) is 5.75 Å². The second-order valence-electron chi connectivity index (χ2n) is 11.4. The molecule has 0 aliphatic heterocycles. The standard InChI is InChI=1S/C33H31NO/c35-31-15-10-25-6-4-5-9-29(25)30(31)21-34-28-13-11-27(12-14-28)33-19-23-16-24(20-33)18-32(17-23,22-33)26-7-2-1-3-8-26/h1-15,21,23-24,35H,16-20,22H2. The second kappa shape index (κ2) is 7.81. The zero-order chi connectivity index (χ0) is 23.5. The van der Waals surface area contributed by atoms with E-state index in [0.717, 1.165) is 33.9 Å². The number of nitrogens with zero attached hydrogens (tertiary/aromatic N) is 1. The van der Waals surface area contributed by atoms with Gasteiger partial charge in [-0.3, -0.25) is 4.99 Å². The van der Waals surface area contributed by atoms with Crippen molar-refractivity contribution in [2.75, 3.05) is 0 Å². The lowest BCUT2D eigenvalue weighted by Crippen LogP contribution is -2.55. The lowest BCUT2D eigenvalue weighted by molar-refractivity contribution is -0.0281. The van der Waals surface area contributed by atoms with Gasteiger partial charge in [-0.15, -0.1) is 0 Å². The van der Waals surface area contributed by atoms with Gasteiger partial charge in [0, 0.05) is 11.8 Å². The van der Waals surface area contributed by atoms with Crippen molar-refractivity contribution in [1.82, 2.24) is 0 Å². The number of hydrogen-bond acceptors (Lipinski definition) is 2. The lowest BCUT2D eigenvalue weighted by atomic mass is 9.42. The highest BCUT2D eigenvalue weighted by atomic mass is 16.3. The third-order valence-electron chi connectivity index (χ3n) is 9.22. The fourth-order valence-electron chi connectivity index (χ4n) is 8.19. The molecule has 0 radical (unpaired) electrons. The average Bonchev–Trinajstić information content (AvgIpc) is 2.88. The quantitative estimate of drug-likeness (QED) is 0.309. The molecule has 2 heteroatoms. The molecular weight excluding hydrogens is 426 g/mol. The van der Waals surface area contributed by atoms with Crippen LogP contribution in [0.25, 0.3) is 10.8 Å². The van der Waals surface area contributed by atoms with Crippen LogP contribution >= 0.6 is 0 Å². The number of aromatic hydroxyl groups is 1. The first-order valence-corrected chi connectivity index (χ1v) is 13.0. The third-order valence-corrected chi connectivity index (χ3v) is 9.22. The summed E-state index contributed by atoms with van der Waals surface area (Å²) in [6, 6.07) is 32.2. The molecule has 2 atom stereocenters. The van der Waals surface area contributed by atoms with Crippen LogP contribution in [0, 0.1) is 11.8 Å². The Balaban J connectivity index is 1.20. The molecule has 4 saturated carbocycles. The van der Waals surface area contributed by atoms with Crippen LogP contribution < -0.4 is 0 Å². The van der Waals surface area contributed by atoms with E-state index in [9.17, 15) is 5.11 Å². The summed E-state index contributed by atoms with van der Waals surface area (Å²) in [5, 5.41) is 12.6. The van der Waals surface area contributed by atoms with Gasteiger partial charge < -0.3 is 5.11 Å². The van der Waals surface area contributed by atoms with Gasteiger partial charge in [-0.2, -0.15) is 0 Å². The van der Waals surface area contributed by atoms with Crippen molar-refractivity contribution in [1.29, 1.82) is 0 Å². The van der Waals surface area contributed by atoms with Gasteiger partial charge in [0.2, 0.25) is 0 Å². The number of rotatable bonds is 4. The van der Waals surface area contributed by atoms with Gasteiger partial charge in [0.15, 0.2) is 0 Å². The lowest BCUT2D eigenvalue weighted by Gasteiger charge is -2.62. The first kappa shape index (κ1) is 20.9. The minimum atomic E-state index is 0.267. The van der Waals surface area contributed by atoms with E-state index in [-0.39, 0.29) is 5.75 Å². The molecule has 4 aromatic rings. The highest BCUT2D eigenvalue weighted by Crippen LogP contribution is 2.66. The van der Waals surface area contributed by atoms with Crippen molar-refractivity contribution < 1.29 is 5.11 Å². The van der Waals surface area contributed by atoms with Gasteiger partial charge in [-0.1, -0.05) is 72.8 Å².